The lowest BCUT2D eigenvalue weighted by Crippen LogP contribution is -2.29. The molecule has 0 aliphatic heterocycles. The molecule has 1 heterocycles. The smallest absolute Gasteiger partial charge is 0.252 e. The number of carbonyl (C=O) groups is 1. The third kappa shape index (κ3) is 2.87. The number of nitrogens with one attached hydrogen (secondary N) is 1. The highest BCUT2D eigenvalue weighted by atomic mass is 16.5. The zero-order valence-corrected chi connectivity index (χ0v) is 12.3. The summed E-state index contributed by atoms with van der Waals surface area (Å²) in [5.74, 6) is 0.575. The molecule has 0 saturated heterocycles. The van der Waals surface area contributed by atoms with Crippen LogP contribution < -0.4 is 5.32 Å². The summed E-state index contributed by atoms with van der Waals surface area (Å²) in [6.45, 7) is 0.353. The zero-order chi connectivity index (χ0) is 15.4. The molecule has 4 nitrogen and oxygen atoms in total. The maximum Gasteiger partial charge on any atom is 0.252 e. The second kappa shape index (κ2) is 6.45. The number of benzene rings is 2. The molecule has 22 heavy (non-hydrogen) atoms. The van der Waals surface area contributed by atoms with Crippen molar-refractivity contribution in [2.75, 3.05) is 13.7 Å². The van der Waals surface area contributed by atoms with Gasteiger partial charge in [-0.2, -0.15) is 0 Å². The Morgan fingerprint density at radius 3 is 2.73 bits per heavy atom. The van der Waals surface area contributed by atoms with Crippen molar-refractivity contribution in [3.05, 3.63) is 72.2 Å². The Hall–Kier alpha value is -2.59. The van der Waals surface area contributed by atoms with Crippen LogP contribution in [0, 0.1) is 0 Å². The van der Waals surface area contributed by atoms with E-state index >= 15 is 0 Å². The van der Waals surface area contributed by atoms with Crippen molar-refractivity contribution in [2.45, 2.75) is 6.10 Å². The summed E-state index contributed by atoms with van der Waals surface area (Å²) in [5.41, 5.74) is 0.660. The van der Waals surface area contributed by atoms with Crippen LogP contribution in [0.2, 0.25) is 0 Å². The van der Waals surface area contributed by atoms with Gasteiger partial charge >= 0.3 is 0 Å². The summed E-state index contributed by atoms with van der Waals surface area (Å²) in [6.07, 6.45) is 1.29. The summed E-state index contributed by atoms with van der Waals surface area (Å²) >= 11 is 0. The molecule has 0 bridgehead atoms. The molecule has 1 aromatic heterocycles. The van der Waals surface area contributed by atoms with Crippen molar-refractivity contribution < 1.29 is 13.9 Å². The highest BCUT2D eigenvalue weighted by molar-refractivity contribution is 6.06. The van der Waals surface area contributed by atoms with Crippen molar-refractivity contribution in [3.63, 3.8) is 0 Å². The lowest BCUT2D eigenvalue weighted by atomic mass is 10.0. The van der Waals surface area contributed by atoms with Gasteiger partial charge in [0.05, 0.1) is 12.8 Å². The van der Waals surface area contributed by atoms with E-state index in [4.69, 9.17) is 9.15 Å². The number of furan rings is 1. The molecule has 1 N–H and O–H groups in total. The van der Waals surface area contributed by atoms with Crippen molar-refractivity contribution in [3.8, 4) is 0 Å². The minimum Gasteiger partial charge on any atom is -0.467 e. The Kier molecular flexibility index (Phi) is 4.21. The highest BCUT2D eigenvalue weighted by Gasteiger charge is 2.16. The molecule has 0 radical (unpaired) electrons. The van der Waals surface area contributed by atoms with Crippen molar-refractivity contribution in [2.24, 2.45) is 0 Å². The first-order valence-corrected chi connectivity index (χ1v) is 7.12. The quantitative estimate of drug-likeness (QED) is 0.783. The van der Waals surface area contributed by atoms with Gasteiger partial charge in [0.25, 0.3) is 5.91 Å². The van der Waals surface area contributed by atoms with E-state index in [0.29, 0.717) is 17.9 Å². The molecule has 3 aromatic rings. The molecule has 1 amide bonds. The lowest BCUT2D eigenvalue weighted by Gasteiger charge is -2.14. The van der Waals surface area contributed by atoms with Gasteiger partial charge in [-0.15, -0.1) is 0 Å². The molecule has 0 saturated carbocycles. The monoisotopic (exact) mass is 295 g/mol. The first-order valence-electron chi connectivity index (χ1n) is 7.12. The Morgan fingerprint density at radius 2 is 1.95 bits per heavy atom. The summed E-state index contributed by atoms with van der Waals surface area (Å²) in [7, 11) is 1.59. The highest BCUT2D eigenvalue weighted by Crippen LogP contribution is 2.19. The standard InChI is InChI=1S/C18H17NO3/c1-21-17(16-10-5-11-22-16)12-19-18(20)15-9-4-7-13-6-2-3-8-14(13)15/h2-11,17H,12H2,1H3,(H,19,20). The number of amides is 1. The van der Waals surface area contributed by atoms with Crippen molar-refractivity contribution >= 4 is 16.7 Å². The molecule has 0 spiro atoms. The van der Waals surface area contributed by atoms with Crippen LogP contribution in [0.4, 0.5) is 0 Å². The Labute approximate surface area is 128 Å². The summed E-state index contributed by atoms with van der Waals surface area (Å²) < 4.78 is 10.7. The first kappa shape index (κ1) is 14.4. The Bertz CT molecular complexity index is 760. The van der Waals surface area contributed by atoms with Crippen LogP contribution in [-0.2, 0) is 4.74 Å². The average molecular weight is 295 g/mol. The van der Waals surface area contributed by atoms with Gasteiger partial charge in [-0.3, -0.25) is 4.79 Å². The van der Waals surface area contributed by atoms with Crippen LogP contribution in [0.5, 0.6) is 0 Å². The SMILES string of the molecule is COC(CNC(=O)c1cccc2ccccc12)c1ccco1. The molecule has 1 atom stereocenters. The Balaban J connectivity index is 1.76. The van der Waals surface area contributed by atoms with Crippen LogP contribution in [0.15, 0.2) is 65.3 Å². The predicted octanol–water partition coefficient (Wildman–Crippen LogP) is 3.55. The minimum atomic E-state index is -0.297. The van der Waals surface area contributed by atoms with Crippen LogP contribution in [0.25, 0.3) is 10.8 Å². The van der Waals surface area contributed by atoms with Crippen LogP contribution in [0.3, 0.4) is 0 Å². The van der Waals surface area contributed by atoms with Gasteiger partial charge in [-0.25, -0.2) is 0 Å². The number of carbonyl (C=O) groups excluding carboxylic acids is 1. The lowest BCUT2D eigenvalue weighted by molar-refractivity contribution is 0.0739. The first-order chi connectivity index (χ1) is 10.8. The average Bonchev–Trinajstić information content (AvgIpc) is 3.09. The van der Waals surface area contributed by atoms with Crippen LogP contribution in [-0.4, -0.2) is 19.6 Å². The third-order valence-electron chi connectivity index (χ3n) is 3.63. The number of rotatable bonds is 5. The normalized spacial score (nSPS) is 12.2. The van der Waals surface area contributed by atoms with Gasteiger partial charge in [-0.1, -0.05) is 36.4 Å². The molecule has 0 fully saturated rings. The van der Waals surface area contributed by atoms with Crippen molar-refractivity contribution in [1.82, 2.24) is 5.32 Å². The van der Waals surface area contributed by atoms with Gasteiger partial charge in [0.1, 0.15) is 11.9 Å². The van der Waals surface area contributed by atoms with E-state index in [1.165, 1.54) is 0 Å². The number of fused-ring (bicyclic) bond motifs is 1. The van der Waals surface area contributed by atoms with Gasteiger partial charge in [0.15, 0.2) is 0 Å². The largest absolute Gasteiger partial charge is 0.467 e. The summed E-state index contributed by atoms with van der Waals surface area (Å²) in [5, 5.41) is 4.89. The van der Waals surface area contributed by atoms with Gasteiger partial charge in [0.2, 0.25) is 0 Å². The molecular weight excluding hydrogens is 278 g/mol. The summed E-state index contributed by atoms with van der Waals surface area (Å²) in [6, 6.07) is 17.2. The minimum absolute atomic E-state index is 0.120. The van der Waals surface area contributed by atoms with Gasteiger partial charge in [-0.05, 0) is 29.0 Å². The van der Waals surface area contributed by atoms with Crippen molar-refractivity contribution in [1.29, 1.82) is 0 Å². The molecule has 0 aliphatic rings. The maximum absolute atomic E-state index is 12.5. The van der Waals surface area contributed by atoms with Gasteiger partial charge < -0.3 is 14.5 Å². The third-order valence-corrected chi connectivity index (χ3v) is 3.63. The molecule has 4 heteroatoms. The van der Waals surface area contributed by atoms with E-state index in [0.717, 1.165) is 10.8 Å². The number of ether oxygens (including phenoxy) is 1. The molecular formula is C18H17NO3. The molecule has 3 rings (SSSR count). The molecule has 0 aliphatic carbocycles. The van der Waals surface area contributed by atoms with E-state index < -0.39 is 0 Å². The number of hydrogen-bond acceptors (Lipinski definition) is 3. The second-order valence-electron chi connectivity index (χ2n) is 4.98. The fourth-order valence-corrected chi connectivity index (χ4v) is 2.48. The van der Waals surface area contributed by atoms with E-state index in [2.05, 4.69) is 5.32 Å². The van der Waals surface area contributed by atoms with E-state index in [-0.39, 0.29) is 12.0 Å². The molecule has 1 unspecified atom stereocenters. The van der Waals surface area contributed by atoms with Gasteiger partial charge in [0, 0.05) is 12.7 Å². The fourth-order valence-electron chi connectivity index (χ4n) is 2.48. The second-order valence-corrected chi connectivity index (χ2v) is 4.98. The fraction of sp³-hybridized carbons (Fsp3) is 0.167. The number of methoxy groups -OCH3 is 1. The maximum atomic E-state index is 12.5. The molecule has 2 aromatic carbocycles. The summed E-state index contributed by atoms with van der Waals surface area (Å²) in [4.78, 5) is 12.5. The van der Waals surface area contributed by atoms with Crippen LogP contribution in [0.1, 0.15) is 22.2 Å². The van der Waals surface area contributed by atoms with E-state index in [9.17, 15) is 4.79 Å². The topological polar surface area (TPSA) is 51.5 Å². The predicted molar refractivity (Wildman–Crippen MR) is 84.7 cm³/mol. The number of hydrogen-bond donors (Lipinski definition) is 1. The van der Waals surface area contributed by atoms with E-state index in [1.807, 2.05) is 48.5 Å². The molecule has 112 valence electrons. The zero-order valence-electron chi connectivity index (χ0n) is 12.3. The Morgan fingerprint density at radius 1 is 1.14 bits per heavy atom. The van der Waals surface area contributed by atoms with E-state index in [1.54, 1.807) is 19.4 Å². The van der Waals surface area contributed by atoms with Crippen LogP contribution >= 0.6 is 0 Å².